The van der Waals surface area contributed by atoms with Gasteiger partial charge in [0.2, 0.25) is 10.0 Å². The average Bonchev–Trinajstić information content (AvgIpc) is 3.01. The van der Waals surface area contributed by atoms with Gasteiger partial charge < -0.3 is 14.2 Å². The molecule has 1 aliphatic heterocycles. The smallest absolute Gasteiger partial charge is 0.270 e. The number of sulfonamides is 1. The number of unbranched alkanes of at least 4 members (excludes halogenated alkanes) is 2. The van der Waals surface area contributed by atoms with Crippen molar-refractivity contribution in [2.45, 2.75) is 51.0 Å². The van der Waals surface area contributed by atoms with Crippen LogP contribution in [0.5, 0.6) is 0 Å². The lowest BCUT2D eigenvalue weighted by Crippen LogP contribution is -2.40. The molecule has 0 aliphatic carbocycles. The van der Waals surface area contributed by atoms with Gasteiger partial charge in [-0.2, -0.15) is 4.31 Å². The average molecular weight is 386 g/mol. The van der Waals surface area contributed by atoms with Crippen LogP contribution in [-0.2, 0) is 21.8 Å². The van der Waals surface area contributed by atoms with Gasteiger partial charge >= 0.3 is 0 Å². The number of aryl methyl sites for hydroxylation is 1. The summed E-state index contributed by atoms with van der Waals surface area (Å²) >= 11 is 0. The molecule has 0 saturated carbocycles. The minimum atomic E-state index is -3.60. The molecule has 148 valence electrons. The molecule has 0 aromatic carbocycles. The van der Waals surface area contributed by atoms with Crippen molar-refractivity contribution in [1.29, 1.82) is 0 Å². The Morgan fingerprint density at radius 2 is 1.92 bits per heavy atom. The second kappa shape index (κ2) is 9.01. The molecular weight excluding hydrogens is 354 g/mol. The van der Waals surface area contributed by atoms with Crippen LogP contribution in [-0.4, -0.2) is 67.0 Å². The maximum Gasteiger partial charge on any atom is 0.270 e. The molecule has 0 bridgehead atoms. The van der Waals surface area contributed by atoms with Gasteiger partial charge in [0.1, 0.15) is 10.6 Å². The topological polar surface area (TPSA) is 71.8 Å². The van der Waals surface area contributed by atoms with Crippen molar-refractivity contribution in [2.24, 2.45) is 7.05 Å². The lowest BCUT2D eigenvalue weighted by molar-refractivity contribution is 0.0692. The zero-order chi connectivity index (χ0) is 19.3. The van der Waals surface area contributed by atoms with Gasteiger partial charge in [0, 0.05) is 38.9 Å². The van der Waals surface area contributed by atoms with E-state index < -0.39 is 10.0 Å². The number of nitrogens with zero attached hydrogens (tertiary/aromatic N) is 3. The highest BCUT2D eigenvalue weighted by atomic mass is 32.2. The predicted octanol–water partition coefficient (Wildman–Crippen LogP) is 2.09. The zero-order valence-electron chi connectivity index (χ0n) is 16.3. The molecule has 1 fully saturated rings. The summed E-state index contributed by atoms with van der Waals surface area (Å²) in [4.78, 5) is 15.0. The van der Waals surface area contributed by atoms with E-state index in [0.717, 1.165) is 19.3 Å². The highest BCUT2D eigenvalue weighted by molar-refractivity contribution is 7.89. The van der Waals surface area contributed by atoms with E-state index in [0.29, 0.717) is 38.5 Å². The molecule has 1 aliphatic rings. The molecule has 2 rings (SSSR count). The van der Waals surface area contributed by atoms with Crippen LogP contribution in [0.2, 0.25) is 0 Å². The summed E-state index contributed by atoms with van der Waals surface area (Å²) in [5.41, 5.74) is 0.405. The molecule has 0 unspecified atom stereocenters. The van der Waals surface area contributed by atoms with Crippen LogP contribution in [0, 0.1) is 0 Å². The van der Waals surface area contributed by atoms with Gasteiger partial charge in [-0.05, 0) is 26.3 Å². The number of carbonyl (C=O) groups excluding carboxylic acids is 1. The number of carbonyl (C=O) groups is 1. The molecule has 0 spiro atoms. The van der Waals surface area contributed by atoms with E-state index in [-0.39, 0.29) is 16.8 Å². The molecule has 8 heteroatoms. The third-order valence-corrected chi connectivity index (χ3v) is 6.56. The highest BCUT2D eigenvalue weighted by Gasteiger charge is 2.30. The Morgan fingerprint density at radius 3 is 2.50 bits per heavy atom. The molecule has 1 aromatic rings. The van der Waals surface area contributed by atoms with Crippen LogP contribution >= 0.6 is 0 Å². The Bertz CT molecular complexity index is 706. The molecule has 7 nitrogen and oxygen atoms in total. The SMILES string of the molecule is CCCCCN(C(=O)c1cc(S(=O)(=O)N2CCOCC2)cn1C)C(C)C. The first-order valence-corrected chi connectivity index (χ1v) is 10.8. The standard InChI is InChI=1S/C18H31N3O4S/c1-5-6-7-8-21(15(2)3)18(22)17-13-16(14-19(17)4)26(23,24)20-9-11-25-12-10-20/h13-15H,5-12H2,1-4H3. The third-order valence-electron chi connectivity index (χ3n) is 4.69. The van der Waals surface area contributed by atoms with Gasteiger partial charge in [0.15, 0.2) is 0 Å². The predicted molar refractivity (Wildman–Crippen MR) is 101 cm³/mol. The summed E-state index contributed by atoms with van der Waals surface area (Å²) in [5.74, 6) is -0.123. The summed E-state index contributed by atoms with van der Waals surface area (Å²) in [6, 6.07) is 1.57. The second-order valence-electron chi connectivity index (χ2n) is 6.99. The Labute approximate surface area is 157 Å². The number of hydrogen-bond donors (Lipinski definition) is 0. The molecule has 2 heterocycles. The zero-order valence-corrected chi connectivity index (χ0v) is 17.1. The summed E-state index contributed by atoms with van der Waals surface area (Å²) in [6.07, 6.45) is 4.64. The van der Waals surface area contributed by atoms with Crippen LogP contribution in [0.25, 0.3) is 0 Å². The maximum atomic E-state index is 13.0. The van der Waals surface area contributed by atoms with Gasteiger partial charge in [-0.3, -0.25) is 4.79 Å². The molecule has 26 heavy (non-hydrogen) atoms. The Morgan fingerprint density at radius 1 is 1.27 bits per heavy atom. The quantitative estimate of drug-likeness (QED) is 0.643. The lowest BCUT2D eigenvalue weighted by Gasteiger charge is -2.27. The third kappa shape index (κ3) is 4.66. The molecule has 1 saturated heterocycles. The van der Waals surface area contributed by atoms with Crippen LogP contribution < -0.4 is 0 Å². The first-order chi connectivity index (χ1) is 12.3. The first kappa shape index (κ1) is 20.9. The second-order valence-corrected chi connectivity index (χ2v) is 8.93. The van der Waals surface area contributed by atoms with E-state index in [4.69, 9.17) is 4.74 Å². The summed E-state index contributed by atoms with van der Waals surface area (Å²) in [6.45, 7) is 8.26. The molecule has 1 amide bonds. The highest BCUT2D eigenvalue weighted by Crippen LogP contribution is 2.21. The Hall–Kier alpha value is -1.38. The molecular formula is C18H31N3O4S. The number of aromatic nitrogens is 1. The summed E-state index contributed by atoms with van der Waals surface area (Å²) in [7, 11) is -1.88. The van der Waals surface area contributed by atoms with E-state index in [1.807, 2.05) is 18.7 Å². The Kier molecular flexibility index (Phi) is 7.25. The van der Waals surface area contributed by atoms with Crippen LogP contribution in [0.15, 0.2) is 17.2 Å². The summed E-state index contributed by atoms with van der Waals surface area (Å²) in [5, 5.41) is 0. The monoisotopic (exact) mass is 385 g/mol. The van der Waals surface area contributed by atoms with E-state index in [1.54, 1.807) is 11.6 Å². The number of ether oxygens (including phenoxy) is 1. The van der Waals surface area contributed by atoms with Gasteiger partial charge in [-0.1, -0.05) is 19.8 Å². The van der Waals surface area contributed by atoms with Crippen molar-refractivity contribution in [3.05, 3.63) is 18.0 Å². The minimum absolute atomic E-state index is 0.0635. The van der Waals surface area contributed by atoms with Gasteiger partial charge in [0.25, 0.3) is 5.91 Å². The fourth-order valence-electron chi connectivity index (χ4n) is 3.10. The molecule has 1 aromatic heterocycles. The summed E-state index contributed by atoms with van der Waals surface area (Å²) < 4.78 is 33.9. The van der Waals surface area contributed by atoms with Crippen molar-refractivity contribution in [3.63, 3.8) is 0 Å². The van der Waals surface area contributed by atoms with Crippen molar-refractivity contribution >= 4 is 15.9 Å². The molecule has 0 radical (unpaired) electrons. The lowest BCUT2D eigenvalue weighted by atomic mass is 10.2. The number of morpholine rings is 1. The fourth-order valence-corrected chi connectivity index (χ4v) is 4.58. The van der Waals surface area contributed by atoms with Crippen LogP contribution in [0.3, 0.4) is 0 Å². The number of hydrogen-bond acceptors (Lipinski definition) is 4. The Balaban J connectivity index is 2.23. The number of amides is 1. The van der Waals surface area contributed by atoms with E-state index >= 15 is 0 Å². The maximum absolute atomic E-state index is 13.0. The number of rotatable bonds is 8. The van der Waals surface area contributed by atoms with Gasteiger partial charge in [0.05, 0.1) is 13.2 Å². The van der Waals surface area contributed by atoms with Crippen molar-refractivity contribution in [2.75, 3.05) is 32.8 Å². The fraction of sp³-hybridized carbons (Fsp3) is 0.722. The van der Waals surface area contributed by atoms with Crippen LogP contribution in [0.1, 0.15) is 50.5 Å². The van der Waals surface area contributed by atoms with E-state index in [9.17, 15) is 13.2 Å². The minimum Gasteiger partial charge on any atom is -0.379 e. The largest absolute Gasteiger partial charge is 0.379 e. The van der Waals surface area contributed by atoms with Gasteiger partial charge in [-0.25, -0.2) is 8.42 Å². The van der Waals surface area contributed by atoms with Crippen molar-refractivity contribution < 1.29 is 17.9 Å². The molecule has 0 N–H and O–H groups in total. The van der Waals surface area contributed by atoms with Crippen LogP contribution in [0.4, 0.5) is 0 Å². The van der Waals surface area contributed by atoms with E-state index in [2.05, 4.69) is 6.92 Å². The normalized spacial score (nSPS) is 16.2. The van der Waals surface area contributed by atoms with E-state index in [1.165, 1.54) is 16.6 Å². The van der Waals surface area contributed by atoms with Gasteiger partial charge in [-0.15, -0.1) is 0 Å². The molecule has 0 atom stereocenters. The van der Waals surface area contributed by atoms with Crippen molar-refractivity contribution in [1.82, 2.24) is 13.8 Å². The van der Waals surface area contributed by atoms with Crippen molar-refractivity contribution in [3.8, 4) is 0 Å². The first-order valence-electron chi connectivity index (χ1n) is 9.34.